The van der Waals surface area contributed by atoms with Gasteiger partial charge < -0.3 is 5.32 Å². The van der Waals surface area contributed by atoms with Crippen LogP contribution in [0.3, 0.4) is 0 Å². The monoisotopic (exact) mass is 296 g/mol. The average molecular weight is 297 g/mol. The van der Waals surface area contributed by atoms with Crippen LogP contribution in [0.4, 0.5) is 9.18 Å². The number of halogens is 2. The number of carbonyl (C=O) groups excluding carboxylic acids is 2. The van der Waals surface area contributed by atoms with E-state index in [1.165, 1.54) is 12.1 Å². The van der Waals surface area contributed by atoms with E-state index in [1.807, 2.05) is 0 Å². The maximum absolute atomic E-state index is 13.8. The minimum atomic E-state index is -0.852. The lowest BCUT2D eigenvalue weighted by molar-refractivity contribution is -0.131. The highest BCUT2D eigenvalue weighted by Gasteiger charge is 2.55. The predicted octanol–water partition coefficient (Wildman–Crippen LogP) is 2.70. The number of amides is 3. The molecule has 3 amide bonds. The molecule has 0 bridgehead atoms. The van der Waals surface area contributed by atoms with Crippen molar-refractivity contribution in [3.8, 4) is 0 Å². The molecule has 0 aromatic heterocycles. The SMILES string of the molecule is CC1(C2CC2)NC(=O)N(Cc2c(F)cccc2Cl)C1=O. The molecule has 4 nitrogen and oxygen atoms in total. The molecule has 1 saturated heterocycles. The summed E-state index contributed by atoms with van der Waals surface area (Å²) in [6, 6.07) is 3.81. The van der Waals surface area contributed by atoms with Crippen molar-refractivity contribution < 1.29 is 14.0 Å². The molecule has 106 valence electrons. The molecular formula is C14H14ClFN2O2. The molecule has 0 radical (unpaired) electrons. The molecule has 20 heavy (non-hydrogen) atoms. The Morgan fingerprint density at radius 2 is 2.15 bits per heavy atom. The molecule has 1 aromatic rings. The van der Waals surface area contributed by atoms with Gasteiger partial charge in [-0.3, -0.25) is 9.69 Å². The van der Waals surface area contributed by atoms with E-state index in [-0.39, 0.29) is 29.0 Å². The van der Waals surface area contributed by atoms with Gasteiger partial charge in [0.05, 0.1) is 6.54 Å². The first-order valence-electron chi connectivity index (χ1n) is 6.50. The Balaban J connectivity index is 1.88. The quantitative estimate of drug-likeness (QED) is 0.872. The van der Waals surface area contributed by atoms with Gasteiger partial charge in [0.2, 0.25) is 0 Å². The van der Waals surface area contributed by atoms with Gasteiger partial charge in [0, 0.05) is 10.6 Å². The summed E-state index contributed by atoms with van der Waals surface area (Å²) < 4.78 is 13.8. The number of nitrogens with zero attached hydrogens (tertiary/aromatic N) is 1. The summed E-state index contributed by atoms with van der Waals surface area (Å²) in [6.07, 6.45) is 1.85. The third kappa shape index (κ3) is 1.97. The zero-order valence-corrected chi connectivity index (χ0v) is 11.7. The summed E-state index contributed by atoms with van der Waals surface area (Å²) in [4.78, 5) is 25.5. The van der Waals surface area contributed by atoms with Crippen LogP contribution in [0.2, 0.25) is 5.02 Å². The molecule has 1 unspecified atom stereocenters. The molecule has 0 spiro atoms. The largest absolute Gasteiger partial charge is 0.325 e. The Morgan fingerprint density at radius 3 is 2.75 bits per heavy atom. The van der Waals surface area contributed by atoms with E-state index in [9.17, 15) is 14.0 Å². The van der Waals surface area contributed by atoms with E-state index in [1.54, 1.807) is 13.0 Å². The summed E-state index contributed by atoms with van der Waals surface area (Å²) >= 11 is 5.94. The molecule has 3 rings (SSSR count). The number of urea groups is 1. The highest BCUT2D eigenvalue weighted by molar-refractivity contribution is 6.31. The molecule has 1 aliphatic heterocycles. The number of hydrogen-bond acceptors (Lipinski definition) is 2. The van der Waals surface area contributed by atoms with Gasteiger partial charge in [-0.1, -0.05) is 17.7 Å². The second-order valence-electron chi connectivity index (χ2n) is 5.50. The highest BCUT2D eigenvalue weighted by atomic mass is 35.5. The van der Waals surface area contributed by atoms with Gasteiger partial charge in [-0.25, -0.2) is 9.18 Å². The maximum Gasteiger partial charge on any atom is 0.325 e. The second-order valence-corrected chi connectivity index (χ2v) is 5.91. The van der Waals surface area contributed by atoms with E-state index < -0.39 is 17.4 Å². The summed E-state index contributed by atoms with van der Waals surface area (Å²) in [6.45, 7) is 1.59. The van der Waals surface area contributed by atoms with Crippen LogP contribution in [-0.2, 0) is 11.3 Å². The number of nitrogens with one attached hydrogen (secondary N) is 1. The van der Waals surface area contributed by atoms with Gasteiger partial charge in [0.15, 0.2) is 0 Å². The van der Waals surface area contributed by atoms with Crippen LogP contribution >= 0.6 is 11.6 Å². The number of imide groups is 1. The fraction of sp³-hybridized carbons (Fsp3) is 0.429. The lowest BCUT2D eigenvalue weighted by Gasteiger charge is -2.21. The standard InChI is InChI=1S/C14H14ClFN2O2/c1-14(8-5-6-8)12(19)18(13(20)17-14)7-9-10(15)3-2-4-11(9)16/h2-4,8H,5-7H2,1H3,(H,17,20). The molecule has 1 heterocycles. The molecule has 1 aromatic carbocycles. The summed E-state index contributed by atoms with van der Waals surface area (Å²) in [5, 5.41) is 2.94. The third-order valence-corrected chi connectivity index (χ3v) is 4.43. The first-order valence-corrected chi connectivity index (χ1v) is 6.88. The van der Waals surface area contributed by atoms with Gasteiger partial charge in [-0.05, 0) is 37.8 Å². The number of benzene rings is 1. The number of hydrogen-bond donors (Lipinski definition) is 1. The van der Waals surface area contributed by atoms with E-state index >= 15 is 0 Å². The molecule has 1 N–H and O–H groups in total. The number of rotatable bonds is 3. The first kappa shape index (κ1) is 13.4. The minimum Gasteiger partial charge on any atom is -0.323 e. The highest BCUT2D eigenvalue weighted by Crippen LogP contribution is 2.43. The Labute approximate surface area is 120 Å². The summed E-state index contributed by atoms with van der Waals surface area (Å²) in [5.41, 5.74) is -0.688. The Bertz CT molecular complexity index is 583. The van der Waals surface area contributed by atoms with E-state index in [0.29, 0.717) is 0 Å². The molecule has 2 fully saturated rings. The van der Waals surface area contributed by atoms with Gasteiger partial charge >= 0.3 is 6.03 Å². The van der Waals surface area contributed by atoms with Crippen molar-refractivity contribution in [3.63, 3.8) is 0 Å². The molecule has 2 aliphatic rings. The van der Waals surface area contributed by atoms with Gasteiger partial charge in [-0.15, -0.1) is 0 Å². The van der Waals surface area contributed by atoms with Crippen LogP contribution in [0, 0.1) is 11.7 Å². The third-order valence-electron chi connectivity index (χ3n) is 4.07. The normalized spacial score (nSPS) is 26.1. The Hall–Kier alpha value is -1.62. The Kier molecular flexibility index (Phi) is 2.97. The fourth-order valence-electron chi connectivity index (χ4n) is 2.64. The fourth-order valence-corrected chi connectivity index (χ4v) is 2.86. The van der Waals surface area contributed by atoms with Crippen LogP contribution in [-0.4, -0.2) is 22.4 Å². The van der Waals surface area contributed by atoms with Crippen molar-refractivity contribution in [2.75, 3.05) is 0 Å². The van der Waals surface area contributed by atoms with Crippen molar-refractivity contribution in [1.29, 1.82) is 0 Å². The van der Waals surface area contributed by atoms with Gasteiger partial charge in [-0.2, -0.15) is 0 Å². The maximum atomic E-state index is 13.8. The van der Waals surface area contributed by atoms with E-state index in [0.717, 1.165) is 17.7 Å². The van der Waals surface area contributed by atoms with Crippen LogP contribution in [0.1, 0.15) is 25.3 Å². The lowest BCUT2D eigenvalue weighted by Crippen LogP contribution is -2.46. The molecule has 1 saturated carbocycles. The zero-order valence-electron chi connectivity index (χ0n) is 11.0. The topological polar surface area (TPSA) is 49.4 Å². The summed E-state index contributed by atoms with van der Waals surface area (Å²) in [5.74, 6) is -0.637. The molecular weight excluding hydrogens is 283 g/mol. The van der Waals surface area contributed by atoms with Crippen LogP contribution in [0.25, 0.3) is 0 Å². The van der Waals surface area contributed by atoms with E-state index in [2.05, 4.69) is 5.32 Å². The molecule has 6 heteroatoms. The molecule has 1 aliphatic carbocycles. The number of carbonyl (C=O) groups is 2. The van der Waals surface area contributed by atoms with Crippen molar-refractivity contribution in [3.05, 3.63) is 34.6 Å². The van der Waals surface area contributed by atoms with E-state index in [4.69, 9.17) is 11.6 Å². The average Bonchev–Trinajstić information content (AvgIpc) is 3.19. The molecule has 1 atom stereocenters. The first-order chi connectivity index (χ1) is 9.43. The van der Waals surface area contributed by atoms with Crippen molar-refractivity contribution in [1.82, 2.24) is 10.2 Å². The van der Waals surface area contributed by atoms with Gasteiger partial charge in [0.1, 0.15) is 11.4 Å². The zero-order chi connectivity index (χ0) is 14.5. The van der Waals surface area contributed by atoms with Crippen LogP contribution < -0.4 is 5.32 Å². The van der Waals surface area contributed by atoms with Crippen molar-refractivity contribution in [2.45, 2.75) is 31.8 Å². The van der Waals surface area contributed by atoms with Crippen LogP contribution in [0.15, 0.2) is 18.2 Å². The Morgan fingerprint density at radius 1 is 1.45 bits per heavy atom. The van der Waals surface area contributed by atoms with Gasteiger partial charge in [0.25, 0.3) is 5.91 Å². The second kappa shape index (κ2) is 4.45. The van der Waals surface area contributed by atoms with Crippen molar-refractivity contribution in [2.24, 2.45) is 5.92 Å². The van der Waals surface area contributed by atoms with Crippen LogP contribution in [0.5, 0.6) is 0 Å². The lowest BCUT2D eigenvalue weighted by atomic mass is 9.96. The summed E-state index contributed by atoms with van der Waals surface area (Å²) in [7, 11) is 0. The predicted molar refractivity (Wildman–Crippen MR) is 71.6 cm³/mol. The minimum absolute atomic E-state index is 0.140. The smallest absolute Gasteiger partial charge is 0.323 e. The van der Waals surface area contributed by atoms with Crippen molar-refractivity contribution >= 4 is 23.5 Å².